The van der Waals surface area contributed by atoms with Gasteiger partial charge in [0.25, 0.3) is 15.9 Å². The summed E-state index contributed by atoms with van der Waals surface area (Å²) in [6.45, 7) is 2.05. The zero-order valence-corrected chi connectivity index (χ0v) is 21.1. The molecule has 11 heteroatoms. The topological polar surface area (TPSA) is 79.4 Å². The zero-order chi connectivity index (χ0) is 23.6. The highest BCUT2D eigenvalue weighted by Gasteiger charge is 2.24. The minimum atomic E-state index is -3.77. The lowest BCUT2D eigenvalue weighted by Crippen LogP contribution is -2.30. The van der Waals surface area contributed by atoms with E-state index in [1.165, 1.54) is 51.2 Å². The third kappa shape index (κ3) is 5.07. The van der Waals surface area contributed by atoms with E-state index in [4.69, 9.17) is 23.2 Å². The number of halogens is 2. The number of sulfonamides is 1. The van der Waals surface area contributed by atoms with Crippen molar-refractivity contribution in [3.8, 4) is 11.3 Å². The Labute approximate surface area is 209 Å². The van der Waals surface area contributed by atoms with Crippen LogP contribution in [0.3, 0.4) is 0 Å². The largest absolute Gasteiger partial charge is 0.298 e. The molecule has 0 aliphatic carbocycles. The summed E-state index contributed by atoms with van der Waals surface area (Å²) in [6, 6.07) is 16.4. The SMILES string of the molecule is CCN(c1ccccc1)S(=O)(=O)c1ccc(C(=O)Nc2nc(-c3cc(Cl)sc3Cl)cs2)cc1. The molecule has 2 aromatic carbocycles. The fourth-order valence-corrected chi connectivity index (χ4v) is 6.79. The van der Waals surface area contributed by atoms with Gasteiger partial charge in [-0.25, -0.2) is 13.4 Å². The van der Waals surface area contributed by atoms with Gasteiger partial charge in [0.1, 0.15) is 4.34 Å². The highest BCUT2D eigenvalue weighted by molar-refractivity contribution is 7.92. The number of rotatable bonds is 7. The molecule has 4 rings (SSSR count). The molecule has 2 heterocycles. The molecule has 0 spiro atoms. The van der Waals surface area contributed by atoms with E-state index in [-0.39, 0.29) is 11.4 Å². The van der Waals surface area contributed by atoms with E-state index in [2.05, 4.69) is 10.3 Å². The number of hydrogen-bond donors (Lipinski definition) is 1. The van der Waals surface area contributed by atoms with E-state index >= 15 is 0 Å². The smallest absolute Gasteiger partial charge is 0.264 e. The molecular formula is C22H17Cl2N3O3S3. The summed E-state index contributed by atoms with van der Waals surface area (Å²) < 4.78 is 28.6. The van der Waals surface area contributed by atoms with Crippen molar-refractivity contribution < 1.29 is 13.2 Å². The maximum absolute atomic E-state index is 13.1. The average Bonchev–Trinajstić information content (AvgIpc) is 3.40. The molecule has 1 N–H and O–H groups in total. The summed E-state index contributed by atoms with van der Waals surface area (Å²) in [5.41, 5.74) is 2.21. The monoisotopic (exact) mass is 537 g/mol. The Kier molecular flexibility index (Phi) is 7.06. The van der Waals surface area contributed by atoms with Crippen LogP contribution in [0.5, 0.6) is 0 Å². The van der Waals surface area contributed by atoms with Crippen LogP contribution in [0, 0.1) is 0 Å². The van der Waals surface area contributed by atoms with Gasteiger partial charge in [0.05, 0.1) is 20.6 Å². The van der Waals surface area contributed by atoms with Crippen molar-refractivity contribution in [3.63, 3.8) is 0 Å². The molecule has 33 heavy (non-hydrogen) atoms. The number of carbonyl (C=O) groups is 1. The molecule has 1 amide bonds. The van der Waals surface area contributed by atoms with Gasteiger partial charge in [0, 0.05) is 23.1 Å². The van der Waals surface area contributed by atoms with Gasteiger partial charge < -0.3 is 0 Å². The quantitative estimate of drug-likeness (QED) is 0.286. The lowest BCUT2D eigenvalue weighted by Gasteiger charge is -2.22. The molecule has 0 unspecified atom stereocenters. The summed E-state index contributed by atoms with van der Waals surface area (Å²) in [5, 5.41) is 4.90. The van der Waals surface area contributed by atoms with Gasteiger partial charge in [0.2, 0.25) is 0 Å². The predicted molar refractivity (Wildman–Crippen MR) is 136 cm³/mol. The van der Waals surface area contributed by atoms with Crippen LogP contribution in [0.1, 0.15) is 17.3 Å². The summed E-state index contributed by atoms with van der Waals surface area (Å²) in [6.07, 6.45) is 0. The number of amides is 1. The maximum atomic E-state index is 13.1. The number of hydrogen-bond acceptors (Lipinski definition) is 6. The highest BCUT2D eigenvalue weighted by Crippen LogP contribution is 2.39. The fraction of sp³-hybridized carbons (Fsp3) is 0.0909. The van der Waals surface area contributed by atoms with E-state index < -0.39 is 15.9 Å². The van der Waals surface area contributed by atoms with E-state index in [1.54, 1.807) is 42.6 Å². The number of carbonyl (C=O) groups excluding carboxylic acids is 1. The molecule has 170 valence electrons. The second kappa shape index (κ2) is 9.82. The van der Waals surface area contributed by atoms with Crippen molar-refractivity contribution in [3.05, 3.63) is 80.3 Å². The summed E-state index contributed by atoms with van der Waals surface area (Å²) in [5.74, 6) is -0.398. The first-order chi connectivity index (χ1) is 15.8. The zero-order valence-electron chi connectivity index (χ0n) is 17.2. The van der Waals surface area contributed by atoms with Crippen LogP contribution in [-0.2, 0) is 10.0 Å². The Bertz CT molecular complexity index is 1390. The molecular weight excluding hydrogens is 521 g/mol. The van der Waals surface area contributed by atoms with Crippen molar-refractivity contribution in [2.24, 2.45) is 0 Å². The van der Waals surface area contributed by atoms with Crippen molar-refractivity contribution >= 4 is 72.6 Å². The number of benzene rings is 2. The first-order valence-corrected chi connectivity index (χ1v) is 13.6. The second-order valence-electron chi connectivity index (χ2n) is 6.76. The minimum Gasteiger partial charge on any atom is -0.298 e. The normalized spacial score (nSPS) is 11.4. The maximum Gasteiger partial charge on any atom is 0.264 e. The molecule has 0 aliphatic rings. The van der Waals surface area contributed by atoms with E-state index in [0.717, 1.165) is 0 Å². The molecule has 0 atom stereocenters. The molecule has 0 saturated heterocycles. The van der Waals surface area contributed by atoms with Crippen LogP contribution in [0.25, 0.3) is 11.3 Å². The molecule has 0 saturated carbocycles. The molecule has 2 aromatic heterocycles. The van der Waals surface area contributed by atoms with Crippen LogP contribution in [0.4, 0.5) is 10.8 Å². The number of thiazole rings is 1. The standard InChI is InChI=1S/C22H17Cl2N3O3S3/c1-2-27(15-6-4-3-5-7-15)33(29,30)16-10-8-14(9-11-16)21(28)26-22-25-18(13-31-22)17-12-19(23)32-20(17)24/h3-13H,2H2,1H3,(H,25,26,28). The number of nitrogens with one attached hydrogen (secondary N) is 1. The number of para-hydroxylation sites is 1. The summed E-state index contributed by atoms with van der Waals surface area (Å²) in [7, 11) is -3.77. The van der Waals surface area contributed by atoms with Crippen molar-refractivity contribution in [1.82, 2.24) is 4.98 Å². The molecule has 6 nitrogen and oxygen atoms in total. The molecule has 0 radical (unpaired) electrons. The Morgan fingerprint density at radius 3 is 2.39 bits per heavy atom. The predicted octanol–water partition coefficient (Wildman–Crippen LogP) is 6.65. The highest BCUT2D eigenvalue weighted by atomic mass is 35.5. The van der Waals surface area contributed by atoms with Crippen LogP contribution in [0.2, 0.25) is 8.67 Å². The van der Waals surface area contributed by atoms with Gasteiger partial charge in [0.15, 0.2) is 5.13 Å². The summed E-state index contributed by atoms with van der Waals surface area (Å²) >= 11 is 14.7. The average molecular weight is 539 g/mol. The van der Waals surface area contributed by atoms with Gasteiger partial charge in [-0.3, -0.25) is 14.4 Å². The molecule has 0 bridgehead atoms. The summed E-state index contributed by atoms with van der Waals surface area (Å²) in [4.78, 5) is 17.1. The van der Waals surface area contributed by atoms with E-state index in [0.29, 0.717) is 36.3 Å². The van der Waals surface area contributed by atoms with Crippen LogP contribution < -0.4 is 9.62 Å². The van der Waals surface area contributed by atoms with Crippen molar-refractivity contribution in [2.75, 3.05) is 16.2 Å². The first-order valence-electron chi connectivity index (χ1n) is 9.69. The van der Waals surface area contributed by atoms with Gasteiger partial charge in [-0.2, -0.15) is 0 Å². The lowest BCUT2D eigenvalue weighted by atomic mass is 10.2. The Morgan fingerprint density at radius 1 is 1.09 bits per heavy atom. The fourth-order valence-electron chi connectivity index (χ4n) is 3.13. The van der Waals surface area contributed by atoms with Crippen molar-refractivity contribution in [1.29, 1.82) is 0 Å². The third-order valence-corrected chi connectivity index (χ3v) is 8.86. The molecule has 0 aliphatic heterocycles. The van der Waals surface area contributed by atoms with Gasteiger partial charge in [-0.15, -0.1) is 22.7 Å². The number of thiophene rings is 1. The minimum absolute atomic E-state index is 0.102. The van der Waals surface area contributed by atoms with E-state index in [1.807, 2.05) is 6.07 Å². The molecule has 0 fully saturated rings. The van der Waals surface area contributed by atoms with Crippen LogP contribution in [-0.4, -0.2) is 25.9 Å². The Balaban J connectivity index is 1.50. The van der Waals surface area contributed by atoms with Crippen LogP contribution >= 0.6 is 45.9 Å². The van der Waals surface area contributed by atoms with Gasteiger partial charge >= 0.3 is 0 Å². The number of aromatic nitrogens is 1. The number of anilines is 2. The number of nitrogens with zero attached hydrogens (tertiary/aromatic N) is 2. The second-order valence-corrected chi connectivity index (χ2v) is 11.8. The van der Waals surface area contributed by atoms with Crippen LogP contribution in [0.15, 0.2) is 70.9 Å². The van der Waals surface area contributed by atoms with E-state index in [9.17, 15) is 13.2 Å². The van der Waals surface area contributed by atoms with Crippen molar-refractivity contribution in [2.45, 2.75) is 11.8 Å². The molecule has 4 aromatic rings. The lowest BCUT2D eigenvalue weighted by molar-refractivity contribution is 0.102. The third-order valence-electron chi connectivity index (χ3n) is 4.69. The first kappa shape index (κ1) is 23.7. The van der Waals surface area contributed by atoms with Gasteiger partial charge in [-0.1, -0.05) is 41.4 Å². The Morgan fingerprint density at radius 2 is 1.79 bits per heavy atom. The van der Waals surface area contributed by atoms with Gasteiger partial charge in [-0.05, 0) is 49.4 Å². The Hall–Kier alpha value is -2.43.